The summed E-state index contributed by atoms with van der Waals surface area (Å²) < 4.78 is 0.739. The van der Waals surface area contributed by atoms with Crippen LogP contribution in [0.2, 0.25) is 0 Å². The summed E-state index contributed by atoms with van der Waals surface area (Å²) in [5, 5.41) is 2.44. The maximum absolute atomic E-state index is 10.7. The highest BCUT2D eigenvalue weighted by molar-refractivity contribution is 9.11. The van der Waals surface area contributed by atoms with E-state index >= 15 is 0 Å². The Bertz CT molecular complexity index is 147. The average molecular weight is 207 g/mol. The molecule has 0 fully saturated rings. The van der Waals surface area contributed by atoms with Crippen molar-refractivity contribution in [3.05, 3.63) is 11.1 Å². The van der Waals surface area contributed by atoms with Crippen molar-refractivity contribution in [2.24, 2.45) is 5.73 Å². The van der Waals surface area contributed by atoms with Gasteiger partial charge in [-0.1, -0.05) is 22.5 Å². The van der Waals surface area contributed by atoms with Crippen molar-refractivity contribution in [3.8, 4) is 0 Å². The van der Waals surface area contributed by atoms with Gasteiger partial charge >= 0.3 is 0 Å². The minimum absolute atomic E-state index is 0.166. The third-order valence-corrected chi connectivity index (χ3v) is 1.35. The van der Waals surface area contributed by atoms with Crippen molar-refractivity contribution in [1.29, 1.82) is 0 Å². The zero-order chi connectivity index (χ0) is 8.15. The summed E-state index contributed by atoms with van der Waals surface area (Å²) in [6.07, 6.45) is 0.472. The van der Waals surface area contributed by atoms with Gasteiger partial charge in [-0.2, -0.15) is 0 Å². The molecule has 4 heteroatoms. The van der Waals surface area contributed by atoms with Gasteiger partial charge in [-0.25, -0.2) is 0 Å². The summed E-state index contributed by atoms with van der Waals surface area (Å²) in [5.74, 6) is -0.166. The highest BCUT2D eigenvalue weighted by Gasteiger charge is 2.10. The fourth-order valence-electron chi connectivity index (χ4n) is 0.517. The van der Waals surface area contributed by atoms with Crippen LogP contribution in [0.3, 0.4) is 0 Å². The van der Waals surface area contributed by atoms with E-state index in [0.29, 0.717) is 6.42 Å². The van der Waals surface area contributed by atoms with Crippen molar-refractivity contribution < 1.29 is 4.79 Å². The third-order valence-electron chi connectivity index (χ3n) is 1.02. The monoisotopic (exact) mass is 206 g/mol. The van der Waals surface area contributed by atoms with Crippen molar-refractivity contribution in [1.82, 2.24) is 5.32 Å². The number of amides is 1. The molecule has 0 bridgehead atoms. The van der Waals surface area contributed by atoms with E-state index in [-0.39, 0.29) is 5.91 Å². The van der Waals surface area contributed by atoms with E-state index in [0.717, 1.165) is 4.48 Å². The van der Waals surface area contributed by atoms with Gasteiger partial charge in [-0.15, -0.1) is 0 Å². The molecule has 3 N–H and O–H groups in total. The lowest BCUT2D eigenvalue weighted by Crippen LogP contribution is -2.38. The van der Waals surface area contributed by atoms with Gasteiger partial charge in [0.25, 0.3) is 0 Å². The molecule has 1 atom stereocenters. The number of hydrogen-bond donors (Lipinski definition) is 2. The molecule has 0 aromatic rings. The van der Waals surface area contributed by atoms with Crippen LogP contribution in [0.1, 0.15) is 6.42 Å². The summed E-state index contributed by atoms with van der Waals surface area (Å²) in [6, 6.07) is -0.489. The number of likely N-dealkylation sites (N-methyl/N-ethyl adjacent to an activating group) is 1. The van der Waals surface area contributed by atoms with E-state index in [4.69, 9.17) is 5.73 Å². The normalized spacial score (nSPS) is 12.3. The van der Waals surface area contributed by atoms with Crippen molar-refractivity contribution in [3.63, 3.8) is 0 Å². The number of halogens is 1. The predicted molar refractivity (Wildman–Crippen MR) is 44.7 cm³/mol. The molecule has 0 heterocycles. The van der Waals surface area contributed by atoms with Gasteiger partial charge in [0.2, 0.25) is 5.91 Å². The van der Waals surface area contributed by atoms with Crippen molar-refractivity contribution in [2.75, 3.05) is 7.05 Å². The first-order valence-electron chi connectivity index (χ1n) is 2.88. The van der Waals surface area contributed by atoms with Gasteiger partial charge in [-0.3, -0.25) is 4.79 Å². The first kappa shape index (κ1) is 9.65. The Morgan fingerprint density at radius 1 is 1.90 bits per heavy atom. The summed E-state index contributed by atoms with van der Waals surface area (Å²) in [4.78, 5) is 10.7. The van der Waals surface area contributed by atoms with E-state index in [1.807, 2.05) is 0 Å². The molecule has 0 rings (SSSR count). The van der Waals surface area contributed by atoms with Crippen LogP contribution in [0.4, 0.5) is 0 Å². The molecular weight excluding hydrogens is 196 g/mol. The summed E-state index contributed by atoms with van der Waals surface area (Å²) >= 11 is 3.12. The van der Waals surface area contributed by atoms with Crippen LogP contribution >= 0.6 is 15.9 Å². The molecule has 0 unspecified atom stereocenters. The number of nitrogens with one attached hydrogen (secondary N) is 1. The Morgan fingerprint density at radius 2 is 2.40 bits per heavy atom. The lowest BCUT2D eigenvalue weighted by Gasteiger charge is -2.07. The molecule has 0 saturated carbocycles. The minimum atomic E-state index is -0.489. The molecule has 0 aliphatic rings. The van der Waals surface area contributed by atoms with Gasteiger partial charge < -0.3 is 11.1 Å². The number of nitrogens with two attached hydrogens (primary N) is 1. The Hall–Kier alpha value is -0.350. The van der Waals surface area contributed by atoms with Gasteiger partial charge in [-0.05, 0) is 4.48 Å². The van der Waals surface area contributed by atoms with Crippen molar-refractivity contribution >= 4 is 21.8 Å². The topological polar surface area (TPSA) is 55.1 Å². The van der Waals surface area contributed by atoms with Crippen LogP contribution in [-0.4, -0.2) is 19.0 Å². The first-order valence-corrected chi connectivity index (χ1v) is 3.67. The van der Waals surface area contributed by atoms with E-state index in [1.54, 1.807) is 7.05 Å². The Kier molecular flexibility index (Phi) is 4.31. The smallest absolute Gasteiger partial charge is 0.237 e. The second kappa shape index (κ2) is 4.46. The molecule has 0 aliphatic heterocycles. The fraction of sp³-hybridized carbons (Fsp3) is 0.500. The third kappa shape index (κ3) is 3.63. The molecule has 0 aromatic heterocycles. The maximum Gasteiger partial charge on any atom is 0.237 e. The first-order chi connectivity index (χ1) is 4.57. The zero-order valence-corrected chi connectivity index (χ0v) is 7.44. The molecule has 0 aromatic carbocycles. The lowest BCUT2D eigenvalue weighted by atomic mass is 10.2. The van der Waals surface area contributed by atoms with Crippen LogP contribution in [0.15, 0.2) is 11.1 Å². The van der Waals surface area contributed by atoms with E-state index < -0.39 is 6.04 Å². The molecule has 0 radical (unpaired) electrons. The Labute approximate surface area is 68.8 Å². The van der Waals surface area contributed by atoms with Crippen molar-refractivity contribution in [2.45, 2.75) is 12.5 Å². The van der Waals surface area contributed by atoms with Crippen LogP contribution < -0.4 is 11.1 Å². The van der Waals surface area contributed by atoms with Crippen LogP contribution in [0, 0.1) is 0 Å². The van der Waals surface area contributed by atoms with E-state index in [9.17, 15) is 4.79 Å². The number of carbonyl (C=O) groups excluding carboxylic acids is 1. The second-order valence-corrected chi connectivity index (χ2v) is 3.06. The molecular formula is C6H11BrN2O. The summed E-state index contributed by atoms with van der Waals surface area (Å²) in [6.45, 7) is 3.57. The standard InChI is InChI=1S/C6H11BrN2O/c1-4(7)3-5(8)6(10)9-2/h5H,1,3,8H2,2H3,(H,9,10)/t5-/m0/s1. The van der Waals surface area contributed by atoms with Gasteiger partial charge in [0.05, 0.1) is 6.04 Å². The van der Waals surface area contributed by atoms with Gasteiger partial charge in [0.15, 0.2) is 0 Å². The SMILES string of the molecule is C=C(Br)C[C@H](N)C(=O)NC. The number of hydrogen-bond acceptors (Lipinski definition) is 2. The summed E-state index contributed by atoms with van der Waals surface area (Å²) in [7, 11) is 1.55. The fourth-order valence-corrected chi connectivity index (χ4v) is 0.865. The molecule has 0 aliphatic carbocycles. The highest BCUT2D eigenvalue weighted by atomic mass is 79.9. The zero-order valence-electron chi connectivity index (χ0n) is 5.86. The predicted octanol–water partition coefficient (Wildman–Crippen LogP) is 0.358. The maximum atomic E-state index is 10.7. The molecule has 1 amide bonds. The molecule has 0 spiro atoms. The van der Waals surface area contributed by atoms with E-state index in [1.165, 1.54) is 0 Å². The highest BCUT2D eigenvalue weighted by Crippen LogP contribution is 2.07. The lowest BCUT2D eigenvalue weighted by molar-refractivity contribution is -0.121. The van der Waals surface area contributed by atoms with Gasteiger partial charge in [0.1, 0.15) is 0 Å². The van der Waals surface area contributed by atoms with E-state index in [2.05, 4.69) is 27.8 Å². The number of rotatable bonds is 3. The van der Waals surface area contributed by atoms with Crippen LogP contribution in [-0.2, 0) is 4.79 Å². The van der Waals surface area contributed by atoms with Crippen LogP contribution in [0.25, 0.3) is 0 Å². The average Bonchev–Trinajstić information content (AvgIpc) is 1.85. The second-order valence-electron chi connectivity index (χ2n) is 1.94. The largest absolute Gasteiger partial charge is 0.358 e. The summed E-state index contributed by atoms with van der Waals surface area (Å²) in [5.41, 5.74) is 5.43. The molecule has 58 valence electrons. The van der Waals surface area contributed by atoms with Crippen LogP contribution in [0.5, 0.6) is 0 Å². The molecule has 3 nitrogen and oxygen atoms in total. The number of carbonyl (C=O) groups is 1. The quantitative estimate of drug-likeness (QED) is 0.701. The Balaban J connectivity index is 3.72. The minimum Gasteiger partial charge on any atom is -0.358 e. The molecule has 10 heavy (non-hydrogen) atoms. The van der Waals surface area contributed by atoms with Gasteiger partial charge in [0, 0.05) is 13.5 Å². The molecule has 0 saturated heterocycles. The Morgan fingerprint density at radius 3 is 2.70 bits per heavy atom.